The number of carbonyl (C=O) groups is 1. The fraction of sp³-hybridized carbons (Fsp3) is 0.385. The molecular weight excluding hydrogens is 765 g/mol. The Labute approximate surface area is 319 Å². The molecule has 1 atom stereocenters. The van der Waals surface area contributed by atoms with Crippen LogP contribution in [0.15, 0.2) is 42.5 Å². The Bertz CT molecular complexity index is 2470. The van der Waals surface area contributed by atoms with E-state index in [1.54, 1.807) is 31.3 Å². The maximum absolute atomic E-state index is 14.6. The van der Waals surface area contributed by atoms with E-state index in [1.807, 2.05) is 0 Å². The molecule has 0 radical (unpaired) electrons. The number of rotatable bonds is 10. The number of fused-ring (bicyclic) bond motifs is 2. The van der Waals surface area contributed by atoms with Crippen LogP contribution in [0.4, 0.5) is 22.0 Å². The smallest absolute Gasteiger partial charge is 0.378 e. The molecule has 1 N–H and O–H groups in total. The van der Waals surface area contributed by atoms with Gasteiger partial charge in [-0.25, -0.2) is 22.2 Å². The fourth-order valence-electron chi connectivity index (χ4n) is 7.14. The minimum Gasteiger partial charge on any atom is -0.378 e. The highest BCUT2D eigenvalue weighted by molar-refractivity contribution is 7.89. The van der Waals surface area contributed by atoms with Gasteiger partial charge in [-0.15, -0.1) is 0 Å². The molecule has 5 aromatic rings. The highest BCUT2D eigenvalue weighted by atomic mass is 35.5. The molecule has 0 saturated heterocycles. The van der Waals surface area contributed by atoms with Gasteiger partial charge < -0.3 is 5.11 Å². The third kappa shape index (κ3) is 9.25. The normalized spacial score (nSPS) is 14.1. The van der Waals surface area contributed by atoms with Crippen LogP contribution < -0.4 is 0 Å². The van der Waals surface area contributed by atoms with E-state index < -0.39 is 62.9 Å². The molecule has 290 valence electrons. The number of hydrogen-bond donors (Lipinski definition) is 1. The van der Waals surface area contributed by atoms with Gasteiger partial charge in [-0.3, -0.25) is 14.2 Å². The number of carbonyl (C=O) groups excluding carboxylic acids is 1. The van der Waals surface area contributed by atoms with Crippen molar-refractivity contribution in [1.29, 1.82) is 0 Å². The Morgan fingerprint density at radius 3 is 2.35 bits per heavy atom. The first kappa shape index (κ1) is 40.0. The average molecular weight is 802 g/mol. The monoisotopic (exact) mass is 801 g/mol. The summed E-state index contributed by atoms with van der Waals surface area (Å²) in [6.45, 7) is 2.48. The van der Waals surface area contributed by atoms with Crippen LogP contribution >= 0.6 is 11.6 Å². The van der Waals surface area contributed by atoms with Gasteiger partial charge in [-0.1, -0.05) is 23.6 Å². The summed E-state index contributed by atoms with van der Waals surface area (Å²) in [7, 11) is -1.93. The predicted octanol–water partition coefficient (Wildman–Crippen LogP) is 7.31. The molecule has 0 fully saturated rings. The molecule has 3 heterocycles. The number of Topliss-reactive ketones (excluding diaryl/α,β-unsaturated/α-hetero) is 1. The highest BCUT2D eigenvalue weighted by Crippen LogP contribution is 2.40. The van der Waals surface area contributed by atoms with E-state index in [1.165, 1.54) is 18.5 Å². The number of alkyl halides is 3. The summed E-state index contributed by atoms with van der Waals surface area (Å²) in [5.41, 5.74) is 0.187. The van der Waals surface area contributed by atoms with E-state index in [-0.39, 0.29) is 52.5 Å². The second-order valence-corrected chi connectivity index (χ2v) is 17.0. The van der Waals surface area contributed by atoms with E-state index in [4.69, 9.17) is 16.6 Å². The molecule has 0 unspecified atom stereocenters. The number of benzene rings is 2. The number of aromatic nitrogens is 5. The third-order valence-electron chi connectivity index (χ3n) is 9.24. The molecule has 1 aliphatic carbocycles. The zero-order valence-corrected chi connectivity index (χ0v) is 31.9. The first-order valence-corrected chi connectivity index (χ1v) is 19.8. The van der Waals surface area contributed by atoms with Crippen molar-refractivity contribution in [1.82, 2.24) is 24.5 Å². The number of aliphatic hydroxyl groups is 1. The molecule has 0 amide bonds. The summed E-state index contributed by atoms with van der Waals surface area (Å²) in [5.74, 6) is 1.98. The standard InChI is InChI=1S/C39H37ClF5N5O4S/c1-38(2,52)14-13-26-9-10-28(29-11-12-31(40)34-32(21-55(4,53)54)47-49(3)36(29)34)35(46-26)23(15-22-16-24(41)19-25(42)17-22)18-27(51)20-50-33-8-6-5-7-30(33)37(48-50)39(43,44)45/h9-12,16-17,19,23,52H,5-8,15,18,20-21H2,1-4H3/t23-/m1/s1. The first-order valence-electron chi connectivity index (χ1n) is 17.4. The zero-order valence-electron chi connectivity index (χ0n) is 30.4. The first-order chi connectivity index (χ1) is 25.7. The minimum absolute atomic E-state index is 0.0820. The van der Waals surface area contributed by atoms with Crippen molar-refractivity contribution < 1.29 is 40.3 Å². The lowest BCUT2D eigenvalue weighted by Crippen LogP contribution is -2.20. The molecule has 0 saturated carbocycles. The molecule has 16 heteroatoms. The molecule has 3 aromatic heterocycles. The van der Waals surface area contributed by atoms with Gasteiger partial charge >= 0.3 is 6.18 Å². The van der Waals surface area contributed by atoms with Gasteiger partial charge in [0.25, 0.3) is 0 Å². The Kier molecular flexibility index (Phi) is 11.0. The van der Waals surface area contributed by atoms with Crippen molar-refractivity contribution in [2.45, 2.75) is 82.4 Å². The van der Waals surface area contributed by atoms with Crippen LogP contribution in [0.2, 0.25) is 5.02 Å². The largest absolute Gasteiger partial charge is 0.435 e. The van der Waals surface area contributed by atoms with Crippen LogP contribution in [0.25, 0.3) is 22.0 Å². The third-order valence-corrected chi connectivity index (χ3v) is 10.3. The minimum atomic E-state index is -4.71. The van der Waals surface area contributed by atoms with Gasteiger partial charge in [0.2, 0.25) is 0 Å². The number of hydrogen-bond acceptors (Lipinski definition) is 7. The molecule has 0 bridgehead atoms. The average Bonchev–Trinajstić information content (AvgIpc) is 3.60. The lowest BCUT2D eigenvalue weighted by molar-refractivity contribution is -0.142. The summed E-state index contributed by atoms with van der Waals surface area (Å²) in [6.07, 6.45) is -2.39. The SMILES string of the molecule is Cn1nc(CS(C)(=O)=O)c2c(Cl)ccc(-c3ccc(C#CC(C)(C)O)nc3[C@@H](CC(=O)Cn3nc(C(F)(F)F)c4c3CCCC4)Cc3cc(F)cc(F)c3)c21. The van der Waals surface area contributed by atoms with Crippen molar-refractivity contribution in [2.75, 3.05) is 6.26 Å². The van der Waals surface area contributed by atoms with Crippen LogP contribution in [-0.4, -0.2) is 55.7 Å². The predicted molar refractivity (Wildman–Crippen MR) is 197 cm³/mol. The number of sulfone groups is 1. The molecular formula is C39H37ClF5N5O4S. The van der Waals surface area contributed by atoms with Crippen LogP contribution in [0, 0.1) is 23.5 Å². The highest BCUT2D eigenvalue weighted by Gasteiger charge is 2.40. The molecule has 6 rings (SSSR count). The Morgan fingerprint density at radius 1 is 1.02 bits per heavy atom. The van der Waals surface area contributed by atoms with Crippen molar-refractivity contribution in [3.05, 3.63) is 98.7 Å². The molecule has 9 nitrogen and oxygen atoms in total. The van der Waals surface area contributed by atoms with E-state index in [9.17, 15) is 40.3 Å². The lowest BCUT2D eigenvalue weighted by Gasteiger charge is -2.21. The summed E-state index contributed by atoms with van der Waals surface area (Å²) in [5, 5.41) is 19.2. The summed E-state index contributed by atoms with van der Waals surface area (Å²) in [6, 6.07) is 9.45. The van der Waals surface area contributed by atoms with Gasteiger partial charge in [0, 0.05) is 59.5 Å². The maximum Gasteiger partial charge on any atom is 0.435 e. The summed E-state index contributed by atoms with van der Waals surface area (Å²) in [4.78, 5) is 18.9. The van der Waals surface area contributed by atoms with Gasteiger partial charge in [0.1, 0.15) is 22.9 Å². The number of ketones is 1. The Balaban J connectivity index is 1.53. The zero-order chi connectivity index (χ0) is 40.0. The quantitative estimate of drug-likeness (QED) is 0.116. The second kappa shape index (κ2) is 15.1. The Morgan fingerprint density at radius 2 is 1.69 bits per heavy atom. The topological polar surface area (TPSA) is 120 Å². The van der Waals surface area contributed by atoms with Gasteiger partial charge in [-0.05, 0) is 87.8 Å². The molecule has 0 aliphatic heterocycles. The van der Waals surface area contributed by atoms with Crippen molar-refractivity contribution >= 4 is 38.1 Å². The number of nitrogens with zero attached hydrogens (tertiary/aromatic N) is 5. The van der Waals surface area contributed by atoms with E-state index in [0.717, 1.165) is 23.1 Å². The molecule has 55 heavy (non-hydrogen) atoms. The second-order valence-electron chi connectivity index (χ2n) is 14.5. The number of halogens is 6. The number of aryl methyl sites for hydroxylation is 1. The van der Waals surface area contributed by atoms with Gasteiger partial charge in [0.15, 0.2) is 21.3 Å². The number of pyridine rings is 1. The van der Waals surface area contributed by atoms with Crippen molar-refractivity contribution in [3.63, 3.8) is 0 Å². The summed E-state index contributed by atoms with van der Waals surface area (Å²) < 4.78 is 98.3. The van der Waals surface area contributed by atoms with Crippen LogP contribution in [0.1, 0.15) is 78.6 Å². The lowest BCUT2D eigenvalue weighted by atomic mass is 9.86. The van der Waals surface area contributed by atoms with Crippen LogP contribution in [0.5, 0.6) is 0 Å². The molecule has 2 aromatic carbocycles. The fourth-order valence-corrected chi connectivity index (χ4v) is 8.10. The van der Waals surface area contributed by atoms with Crippen molar-refractivity contribution in [3.8, 4) is 23.0 Å². The van der Waals surface area contributed by atoms with E-state index in [2.05, 4.69) is 22.0 Å². The van der Waals surface area contributed by atoms with Crippen LogP contribution in [0.3, 0.4) is 0 Å². The maximum atomic E-state index is 14.6. The van der Waals surface area contributed by atoms with Crippen LogP contribution in [-0.2, 0) is 59.4 Å². The van der Waals surface area contributed by atoms with Gasteiger partial charge in [0.05, 0.1) is 34.2 Å². The molecule has 0 spiro atoms. The Hall–Kier alpha value is -4.65. The summed E-state index contributed by atoms with van der Waals surface area (Å²) >= 11 is 6.64. The van der Waals surface area contributed by atoms with Crippen molar-refractivity contribution in [2.24, 2.45) is 7.05 Å². The van der Waals surface area contributed by atoms with E-state index in [0.29, 0.717) is 53.1 Å². The molecule has 1 aliphatic rings. The van der Waals surface area contributed by atoms with E-state index >= 15 is 0 Å². The van der Waals surface area contributed by atoms with Gasteiger partial charge in [-0.2, -0.15) is 23.4 Å².